The summed E-state index contributed by atoms with van der Waals surface area (Å²) in [6.45, 7) is 7.34. The molecule has 1 aliphatic rings. The third-order valence-corrected chi connectivity index (χ3v) is 6.92. The van der Waals surface area contributed by atoms with E-state index in [1.165, 1.54) is 30.8 Å². The molecular formula is C24H24ClN7O3S. The number of pyridine rings is 2. The third-order valence-electron chi connectivity index (χ3n) is 5.86. The molecule has 186 valence electrons. The van der Waals surface area contributed by atoms with Crippen LogP contribution in [0.2, 0.25) is 5.15 Å². The summed E-state index contributed by atoms with van der Waals surface area (Å²) in [5.41, 5.74) is 2.82. The van der Waals surface area contributed by atoms with Crippen molar-refractivity contribution in [2.24, 2.45) is 0 Å². The molecule has 2 atom stereocenters. The van der Waals surface area contributed by atoms with Crippen LogP contribution in [-0.2, 0) is 4.74 Å². The van der Waals surface area contributed by atoms with E-state index in [1.807, 2.05) is 13.8 Å². The molecular weight excluding hydrogens is 502 g/mol. The lowest BCUT2D eigenvalue weighted by Gasteiger charge is -2.37. The second-order valence-electron chi connectivity index (χ2n) is 8.55. The molecule has 0 aromatic carbocycles. The van der Waals surface area contributed by atoms with E-state index in [2.05, 4.69) is 37.1 Å². The molecule has 12 heteroatoms. The van der Waals surface area contributed by atoms with Crippen molar-refractivity contribution in [1.29, 1.82) is 0 Å². The van der Waals surface area contributed by atoms with Crippen LogP contribution in [0.4, 0.5) is 10.9 Å². The number of hydrogen-bond acceptors (Lipinski definition) is 10. The minimum absolute atomic E-state index is 0.112. The number of halogens is 1. The molecule has 1 fully saturated rings. The molecule has 5 rings (SSSR count). The highest BCUT2D eigenvalue weighted by atomic mass is 35.5. The van der Waals surface area contributed by atoms with Crippen LogP contribution >= 0.6 is 22.9 Å². The number of nitrogens with one attached hydrogen (secondary N) is 1. The van der Waals surface area contributed by atoms with Gasteiger partial charge in [-0.25, -0.2) is 15.0 Å². The van der Waals surface area contributed by atoms with Crippen molar-refractivity contribution in [3.8, 4) is 16.9 Å². The molecule has 0 spiro atoms. The Hall–Kier alpha value is -3.41. The maximum absolute atomic E-state index is 13.3. The predicted octanol–water partition coefficient (Wildman–Crippen LogP) is 4.38. The molecule has 1 amide bonds. The number of carbonyl (C=O) groups is 1. The van der Waals surface area contributed by atoms with Gasteiger partial charge < -0.3 is 14.4 Å². The van der Waals surface area contributed by atoms with Gasteiger partial charge in [0.1, 0.15) is 16.7 Å². The highest BCUT2D eigenvalue weighted by Crippen LogP contribution is 2.34. The molecule has 4 aromatic heterocycles. The van der Waals surface area contributed by atoms with Gasteiger partial charge in [-0.3, -0.25) is 15.1 Å². The van der Waals surface area contributed by atoms with Gasteiger partial charge in [-0.05, 0) is 32.9 Å². The molecule has 10 nitrogen and oxygen atoms in total. The Balaban J connectivity index is 1.45. The van der Waals surface area contributed by atoms with E-state index in [1.54, 1.807) is 18.3 Å². The van der Waals surface area contributed by atoms with E-state index >= 15 is 0 Å². The van der Waals surface area contributed by atoms with Crippen LogP contribution in [-0.4, -0.2) is 63.2 Å². The summed E-state index contributed by atoms with van der Waals surface area (Å²) in [6.07, 6.45) is 4.87. The standard InChI is InChI=1S/C24H24ClN7O3S/c1-12-5-15(16-6-19(25)27-8-18(16)34-4)17(7-26-12)22(33)31-24-30-21-23(36-24)29-20(9-28-21)32-10-14(3)35-11-13(32)2/h5-9,13-14H,10-11H2,1-4H3,(H,28,30,31,33)/t13-,14+/m0/s1. The van der Waals surface area contributed by atoms with Gasteiger partial charge in [-0.15, -0.1) is 0 Å². The van der Waals surface area contributed by atoms with Crippen LogP contribution in [0.3, 0.4) is 0 Å². The summed E-state index contributed by atoms with van der Waals surface area (Å²) >= 11 is 7.41. The van der Waals surface area contributed by atoms with Crippen molar-refractivity contribution < 1.29 is 14.3 Å². The first-order valence-electron chi connectivity index (χ1n) is 11.3. The largest absolute Gasteiger partial charge is 0.494 e. The monoisotopic (exact) mass is 525 g/mol. The molecule has 0 bridgehead atoms. The van der Waals surface area contributed by atoms with Gasteiger partial charge in [0.2, 0.25) is 0 Å². The normalized spacial score (nSPS) is 17.9. The summed E-state index contributed by atoms with van der Waals surface area (Å²) in [6, 6.07) is 3.65. The highest BCUT2D eigenvalue weighted by Gasteiger charge is 2.26. The van der Waals surface area contributed by atoms with Crippen molar-refractivity contribution in [1.82, 2.24) is 24.9 Å². The lowest BCUT2D eigenvalue weighted by Crippen LogP contribution is -2.47. The lowest BCUT2D eigenvalue weighted by molar-refractivity contribution is 0.0340. The van der Waals surface area contributed by atoms with Crippen LogP contribution in [0.25, 0.3) is 21.6 Å². The quantitative estimate of drug-likeness (QED) is 0.379. The first-order valence-corrected chi connectivity index (χ1v) is 12.5. The van der Waals surface area contributed by atoms with E-state index in [9.17, 15) is 4.79 Å². The summed E-state index contributed by atoms with van der Waals surface area (Å²) in [5.74, 6) is 0.882. The van der Waals surface area contributed by atoms with Crippen molar-refractivity contribution in [2.75, 3.05) is 30.5 Å². The first-order chi connectivity index (χ1) is 17.3. The molecule has 1 aliphatic heterocycles. The van der Waals surface area contributed by atoms with E-state index in [0.717, 1.165) is 18.1 Å². The second kappa shape index (κ2) is 9.92. The smallest absolute Gasteiger partial charge is 0.259 e. The van der Waals surface area contributed by atoms with E-state index in [4.69, 9.17) is 26.1 Å². The van der Waals surface area contributed by atoms with Gasteiger partial charge in [0, 0.05) is 29.6 Å². The fraction of sp³-hybridized carbons (Fsp3) is 0.333. The van der Waals surface area contributed by atoms with E-state index < -0.39 is 0 Å². The SMILES string of the molecule is COc1cnc(Cl)cc1-c1cc(C)ncc1C(=O)Nc1nc2ncc(N3C[C@@H](C)OC[C@@H]3C)nc2s1. The van der Waals surface area contributed by atoms with Crippen molar-refractivity contribution >= 4 is 50.3 Å². The van der Waals surface area contributed by atoms with Crippen LogP contribution in [0.15, 0.2) is 30.7 Å². The average molecular weight is 526 g/mol. The number of amides is 1. The molecule has 5 heterocycles. The Bertz CT molecular complexity index is 1450. The van der Waals surface area contributed by atoms with Crippen molar-refractivity contribution in [3.63, 3.8) is 0 Å². The van der Waals surface area contributed by atoms with Gasteiger partial charge in [-0.2, -0.15) is 4.98 Å². The number of morpholine rings is 1. The first kappa shape index (κ1) is 24.3. The number of carbonyl (C=O) groups excluding carboxylic acids is 1. The topological polar surface area (TPSA) is 115 Å². The fourth-order valence-corrected chi connectivity index (χ4v) is 4.99. The van der Waals surface area contributed by atoms with Crippen molar-refractivity contribution in [2.45, 2.75) is 32.9 Å². The highest BCUT2D eigenvalue weighted by molar-refractivity contribution is 7.21. The summed E-state index contributed by atoms with van der Waals surface area (Å²) in [5, 5.41) is 3.55. The minimum atomic E-state index is -0.373. The van der Waals surface area contributed by atoms with Gasteiger partial charge in [0.25, 0.3) is 5.91 Å². The molecule has 36 heavy (non-hydrogen) atoms. The molecule has 0 radical (unpaired) electrons. The number of aromatic nitrogens is 5. The Morgan fingerprint density at radius 3 is 2.81 bits per heavy atom. The van der Waals surface area contributed by atoms with Gasteiger partial charge in [0.05, 0.1) is 43.8 Å². The maximum atomic E-state index is 13.3. The summed E-state index contributed by atoms with van der Waals surface area (Å²) < 4.78 is 11.2. The van der Waals surface area contributed by atoms with Gasteiger partial charge >= 0.3 is 0 Å². The number of rotatable bonds is 5. The van der Waals surface area contributed by atoms with Crippen LogP contribution < -0.4 is 15.0 Å². The number of anilines is 2. The number of fused-ring (bicyclic) bond motifs is 1. The number of thiazole rings is 1. The van der Waals surface area contributed by atoms with E-state index in [-0.39, 0.29) is 23.2 Å². The maximum Gasteiger partial charge on any atom is 0.259 e. The van der Waals surface area contributed by atoms with Crippen LogP contribution in [0, 0.1) is 6.92 Å². The zero-order valence-corrected chi connectivity index (χ0v) is 21.7. The Morgan fingerprint density at radius 2 is 2.00 bits per heavy atom. The third kappa shape index (κ3) is 4.81. The van der Waals surface area contributed by atoms with Crippen LogP contribution in [0.1, 0.15) is 29.9 Å². The Kier molecular flexibility index (Phi) is 6.69. The van der Waals surface area contributed by atoms with Crippen LogP contribution in [0.5, 0.6) is 5.75 Å². The fourth-order valence-electron chi connectivity index (χ4n) is 4.05. The number of methoxy groups -OCH3 is 1. The Morgan fingerprint density at radius 1 is 1.17 bits per heavy atom. The van der Waals surface area contributed by atoms with Gasteiger partial charge in [0.15, 0.2) is 15.6 Å². The number of aryl methyl sites for hydroxylation is 1. The lowest BCUT2D eigenvalue weighted by atomic mass is 10.0. The Labute approximate surface area is 216 Å². The zero-order chi connectivity index (χ0) is 25.4. The van der Waals surface area contributed by atoms with Crippen molar-refractivity contribution in [3.05, 3.63) is 47.1 Å². The molecule has 1 N–H and O–H groups in total. The summed E-state index contributed by atoms with van der Waals surface area (Å²) in [7, 11) is 1.54. The minimum Gasteiger partial charge on any atom is -0.494 e. The molecule has 0 aliphatic carbocycles. The summed E-state index contributed by atoms with van der Waals surface area (Å²) in [4.78, 5) is 38.2. The number of ether oxygens (including phenoxy) is 2. The van der Waals surface area contributed by atoms with Gasteiger partial charge in [-0.1, -0.05) is 22.9 Å². The average Bonchev–Trinajstić information content (AvgIpc) is 3.26. The molecule has 0 unspecified atom stereocenters. The molecule has 0 saturated carbocycles. The molecule has 4 aromatic rings. The molecule has 1 saturated heterocycles. The second-order valence-corrected chi connectivity index (χ2v) is 9.92. The zero-order valence-electron chi connectivity index (χ0n) is 20.1. The number of hydrogen-bond donors (Lipinski definition) is 1. The van der Waals surface area contributed by atoms with E-state index in [0.29, 0.717) is 44.7 Å². The number of nitrogens with zero attached hydrogens (tertiary/aromatic N) is 6. The predicted molar refractivity (Wildman–Crippen MR) is 139 cm³/mol.